The van der Waals surface area contributed by atoms with E-state index in [1.54, 1.807) is 4.68 Å². The molecule has 0 bridgehead atoms. The number of benzene rings is 1. The summed E-state index contributed by atoms with van der Waals surface area (Å²) < 4.78 is 97.2. The lowest BCUT2D eigenvalue weighted by Crippen LogP contribution is -2.41. The molecule has 2 atom stereocenters. The summed E-state index contributed by atoms with van der Waals surface area (Å²) >= 11 is 1.06. The minimum atomic E-state index is -4.58. The van der Waals surface area contributed by atoms with E-state index in [0.717, 1.165) is 36.2 Å². The Balaban J connectivity index is 1.42. The fraction of sp³-hybridized carbons (Fsp3) is 0.690. The molecule has 0 spiro atoms. The number of alkyl halides is 5. The van der Waals surface area contributed by atoms with E-state index in [2.05, 4.69) is 0 Å². The van der Waals surface area contributed by atoms with E-state index in [4.69, 9.17) is 5.10 Å². The Labute approximate surface area is 259 Å². The molecule has 1 N–H and O–H groups in total. The molecule has 2 fully saturated rings. The quantitative estimate of drug-likeness (QED) is 0.301. The van der Waals surface area contributed by atoms with Crippen molar-refractivity contribution in [3.05, 3.63) is 35.0 Å². The molecule has 0 aliphatic carbocycles. The van der Waals surface area contributed by atoms with E-state index >= 15 is 0 Å². The van der Waals surface area contributed by atoms with Gasteiger partial charge in [0, 0.05) is 79.7 Å². The summed E-state index contributed by atoms with van der Waals surface area (Å²) in [5.41, 5.74) is 1.37. The summed E-state index contributed by atoms with van der Waals surface area (Å²) in [5.74, 6) is 0.347. The number of aliphatic hydroxyl groups excluding tert-OH is 1. The van der Waals surface area contributed by atoms with Crippen molar-refractivity contribution in [2.24, 2.45) is 0 Å². The highest BCUT2D eigenvalue weighted by atomic mass is 32.2. The number of likely N-dealkylation sites (tertiary alicyclic amines) is 2. The first kappa shape index (κ1) is 33.6. The summed E-state index contributed by atoms with van der Waals surface area (Å²) in [5, 5.41) is 15.7. The minimum absolute atomic E-state index is 0.0203. The van der Waals surface area contributed by atoms with Crippen molar-refractivity contribution in [3.63, 3.8) is 0 Å². The van der Waals surface area contributed by atoms with Gasteiger partial charge in [0.2, 0.25) is 10.0 Å². The molecule has 4 heterocycles. The number of aliphatic hydroxyl groups is 1. The van der Waals surface area contributed by atoms with E-state index in [1.165, 1.54) is 16.4 Å². The molecule has 3 aliphatic heterocycles. The van der Waals surface area contributed by atoms with Crippen molar-refractivity contribution in [1.29, 1.82) is 0 Å². The van der Waals surface area contributed by atoms with Crippen LogP contribution in [0.3, 0.4) is 0 Å². The molecule has 1 aromatic carbocycles. The van der Waals surface area contributed by atoms with Crippen LogP contribution in [-0.4, -0.2) is 114 Å². The van der Waals surface area contributed by atoms with Crippen LogP contribution in [0.15, 0.2) is 23.1 Å². The van der Waals surface area contributed by atoms with Crippen LogP contribution in [-0.2, 0) is 35.7 Å². The Morgan fingerprint density at radius 1 is 1.05 bits per heavy atom. The van der Waals surface area contributed by atoms with Crippen LogP contribution in [0.1, 0.15) is 42.5 Å². The topological polar surface area (TPSA) is 81.9 Å². The molecule has 1 unspecified atom stereocenters. The normalized spacial score (nSPS) is 22.3. The van der Waals surface area contributed by atoms with Crippen LogP contribution >= 0.6 is 11.8 Å². The van der Waals surface area contributed by atoms with Crippen molar-refractivity contribution in [2.45, 2.75) is 74.7 Å². The van der Waals surface area contributed by atoms with Gasteiger partial charge in [0.05, 0.1) is 30.2 Å². The van der Waals surface area contributed by atoms with Crippen LogP contribution in [0.4, 0.5) is 22.0 Å². The number of nitrogens with zero attached hydrogens (tertiary/aromatic N) is 5. The second-order valence-electron chi connectivity index (χ2n) is 12.0. The number of rotatable bonds is 10. The van der Waals surface area contributed by atoms with E-state index in [9.17, 15) is 35.5 Å². The van der Waals surface area contributed by atoms with E-state index in [-0.39, 0.29) is 31.1 Å². The minimum Gasteiger partial charge on any atom is -0.390 e. The highest BCUT2D eigenvalue weighted by Crippen LogP contribution is 2.40. The molecular formula is C29H40F5N5O3S2. The van der Waals surface area contributed by atoms with Gasteiger partial charge in [-0.15, -0.1) is 11.8 Å². The monoisotopic (exact) mass is 665 g/mol. The third-order valence-corrected chi connectivity index (χ3v) is 10.9. The van der Waals surface area contributed by atoms with Gasteiger partial charge < -0.3 is 10.0 Å². The number of β-amino-alcohol motifs (C(OH)–C–C–N with tert-alkyl or cyclic N) is 1. The van der Waals surface area contributed by atoms with Crippen molar-refractivity contribution < 1.29 is 35.5 Å². The van der Waals surface area contributed by atoms with Gasteiger partial charge in [-0.1, -0.05) is 6.07 Å². The zero-order valence-corrected chi connectivity index (χ0v) is 26.4. The maximum Gasteiger partial charge on any atom is 0.417 e. The summed E-state index contributed by atoms with van der Waals surface area (Å²) in [6.45, 7) is 3.23. The Hall–Kier alpha value is -1.78. The molecule has 44 heavy (non-hydrogen) atoms. The van der Waals surface area contributed by atoms with Gasteiger partial charge in [0.15, 0.2) is 0 Å². The second-order valence-corrected chi connectivity index (χ2v) is 15.1. The molecule has 0 saturated carbocycles. The molecule has 246 valence electrons. The molecule has 15 heteroatoms. The first-order valence-electron chi connectivity index (χ1n) is 15.1. The van der Waals surface area contributed by atoms with Crippen LogP contribution in [0, 0.1) is 0 Å². The van der Waals surface area contributed by atoms with Crippen LogP contribution < -0.4 is 0 Å². The van der Waals surface area contributed by atoms with Gasteiger partial charge in [0.25, 0.3) is 0 Å². The van der Waals surface area contributed by atoms with Crippen LogP contribution in [0.2, 0.25) is 0 Å². The summed E-state index contributed by atoms with van der Waals surface area (Å²) in [6, 6.07) is 3.84. The summed E-state index contributed by atoms with van der Waals surface area (Å²) in [7, 11) is -3.54. The Bertz CT molecular complexity index is 1400. The number of sulfonamides is 1. The number of thioether (sulfide) groups is 1. The first-order chi connectivity index (χ1) is 20.8. The van der Waals surface area contributed by atoms with E-state index in [1.807, 2.05) is 9.80 Å². The lowest BCUT2D eigenvalue weighted by molar-refractivity contribution is -0.139. The van der Waals surface area contributed by atoms with Crippen molar-refractivity contribution in [1.82, 2.24) is 23.9 Å². The number of halogens is 5. The third-order valence-electron chi connectivity index (χ3n) is 8.61. The number of fused-ring (bicyclic) bond motifs is 1. The Morgan fingerprint density at radius 3 is 2.48 bits per heavy atom. The van der Waals surface area contributed by atoms with Gasteiger partial charge in [-0.05, 0) is 44.4 Å². The highest BCUT2D eigenvalue weighted by Gasteiger charge is 2.35. The van der Waals surface area contributed by atoms with Gasteiger partial charge in [-0.2, -0.15) is 22.6 Å². The fourth-order valence-electron chi connectivity index (χ4n) is 6.28. The van der Waals surface area contributed by atoms with E-state index in [0.29, 0.717) is 81.0 Å². The smallest absolute Gasteiger partial charge is 0.390 e. The predicted octanol–water partition coefficient (Wildman–Crippen LogP) is 4.21. The average Bonchev–Trinajstić information content (AvgIpc) is 3.30. The van der Waals surface area contributed by atoms with Crippen molar-refractivity contribution >= 4 is 21.8 Å². The molecule has 2 saturated heterocycles. The Morgan fingerprint density at radius 2 is 1.80 bits per heavy atom. The fourth-order valence-corrected chi connectivity index (χ4v) is 8.19. The standard InChI is InChI=1S/C29H40F5N5O3S2/c1-44(41,42)38-12-8-26-24(19-38)28(35-39(26)18-23(40)17-37-10-6-21(30)7-11-37)20-4-5-25(29(32,33)34)27(15-20)43-14-13-36-9-2-3-22(31)16-36/h4-5,15,21-23,40H,2-3,6-14,16-19H2,1H3/t22?,23-/m0/s1. The molecule has 0 radical (unpaired) electrons. The molecule has 3 aliphatic rings. The molecule has 8 nitrogen and oxygen atoms in total. The largest absolute Gasteiger partial charge is 0.417 e. The predicted molar refractivity (Wildman–Crippen MR) is 159 cm³/mol. The zero-order valence-electron chi connectivity index (χ0n) is 24.8. The van der Waals surface area contributed by atoms with Gasteiger partial charge in [-0.3, -0.25) is 9.58 Å². The maximum absolute atomic E-state index is 14.0. The van der Waals surface area contributed by atoms with Crippen LogP contribution in [0.25, 0.3) is 11.3 Å². The third kappa shape index (κ3) is 8.32. The number of hydrogen-bond donors (Lipinski definition) is 1. The first-order valence-corrected chi connectivity index (χ1v) is 17.9. The second kappa shape index (κ2) is 13.9. The van der Waals surface area contributed by atoms with E-state index < -0.39 is 40.2 Å². The SMILES string of the molecule is CS(=O)(=O)N1CCc2c(c(-c3ccc(C(F)(F)F)c(SCCN4CCCC(F)C4)c3)nn2C[C@@H](O)CN2CCC(F)CC2)C1. The molecule has 0 amide bonds. The lowest BCUT2D eigenvalue weighted by atomic mass is 10.0. The van der Waals surface area contributed by atoms with Gasteiger partial charge in [0.1, 0.15) is 12.3 Å². The number of aromatic nitrogens is 2. The van der Waals surface area contributed by atoms with Crippen LogP contribution in [0.5, 0.6) is 0 Å². The summed E-state index contributed by atoms with van der Waals surface area (Å²) in [4.78, 5) is 3.96. The van der Waals surface area contributed by atoms with Crippen molar-refractivity contribution in [3.8, 4) is 11.3 Å². The van der Waals surface area contributed by atoms with Gasteiger partial charge >= 0.3 is 6.18 Å². The zero-order chi connectivity index (χ0) is 31.6. The average molecular weight is 666 g/mol. The summed E-state index contributed by atoms with van der Waals surface area (Å²) in [6.07, 6.45) is -3.65. The lowest BCUT2D eigenvalue weighted by Gasteiger charge is -2.30. The Kier molecular flexibility index (Phi) is 10.6. The number of hydrogen-bond acceptors (Lipinski definition) is 7. The van der Waals surface area contributed by atoms with Crippen molar-refractivity contribution in [2.75, 3.05) is 57.8 Å². The number of piperidine rings is 2. The highest BCUT2D eigenvalue weighted by molar-refractivity contribution is 7.99. The van der Waals surface area contributed by atoms with Gasteiger partial charge in [-0.25, -0.2) is 17.2 Å². The molecule has 2 aromatic rings. The maximum atomic E-state index is 14.0. The molecule has 5 rings (SSSR count). The molecular weight excluding hydrogens is 625 g/mol. The molecule has 1 aromatic heterocycles.